The minimum atomic E-state index is -4.47. The van der Waals surface area contributed by atoms with Gasteiger partial charge in [0, 0.05) is 50.4 Å². The fourth-order valence-corrected chi connectivity index (χ4v) is 7.13. The molecular formula is C47H59N7O10S. The fraction of sp³-hybridized carbons (Fsp3) is 0.383. The van der Waals surface area contributed by atoms with Gasteiger partial charge in [-0.3, -0.25) is 34.0 Å². The molecule has 0 aliphatic carbocycles. The SMILES string of the molecule is CNc1ccccc1CC(=O)Oc1ccc(CCCCCCCC(=O)NCCNC(=O)[C@H](CCC(=O)OC(C)(C)C)NC(=O)c2ccc(N/N=C\c3ccccc3S(=O)(=O)O)nc2)cc1. The molecule has 0 saturated heterocycles. The Labute approximate surface area is 380 Å². The smallest absolute Gasteiger partial charge is 0.315 e. The molecule has 1 aromatic heterocycles. The molecule has 0 radical (unpaired) electrons. The summed E-state index contributed by atoms with van der Waals surface area (Å²) in [5.74, 6) is -1.47. The summed E-state index contributed by atoms with van der Waals surface area (Å²) in [6.07, 6.45) is 8.24. The molecule has 4 aromatic rings. The topological polar surface area (TPSA) is 244 Å². The number of ether oxygens (including phenoxy) is 2. The van der Waals surface area contributed by atoms with Gasteiger partial charge in [0.05, 0.1) is 18.2 Å². The summed E-state index contributed by atoms with van der Waals surface area (Å²) in [5.41, 5.74) is 5.04. The van der Waals surface area contributed by atoms with Gasteiger partial charge < -0.3 is 30.7 Å². The fourth-order valence-electron chi connectivity index (χ4n) is 6.46. The number of rotatable bonds is 25. The molecule has 6 N–H and O–H groups in total. The second-order valence-corrected chi connectivity index (χ2v) is 17.5. The lowest BCUT2D eigenvalue weighted by Gasteiger charge is -2.21. The van der Waals surface area contributed by atoms with Crippen LogP contribution in [0.3, 0.4) is 0 Å². The van der Waals surface area contributed by atoms with Crippen molar-refractivity contribution in [2.45, 2.75) is 102 Å². The third kappa shape index (κ3) is 18.9. The number of esters is 2. The number of hydrogen-bond donors (Lipinski definition) is 6. The summed E-state index contributed by atoms with van der Waals surface area (Å²) in [5, 5.41) is 15.2. The van der Waals surface area contributed by atoms with E-state index in [9.17, 15) is 36.9 Å². The number of aromatic nitrogens is 1. The van der Waals surface area contributed by atoms with Gasteiger partial charge in [0.15, 0.2) is 0 Å². The number of hydrazone groups is 1. The van der Waals surface area contributed by atoms with E-state index in [4.69, 9.17) is 9.47 Å². The molecule has 18 heteroatoms. The number of benzene rings is 3. The van der Waals surface area contributed by atoms with Crippen LogP contribution in [0.2, 0.25) is 0 Å². The molecule has 0 saturated carbocycles. The zero-order valence-electron chi connectivity index (χ0n) is 37.2. The van der Waals surface area contributed by atoms with Gasteiger partial charge in [-0.25, -0.2) is 4.98 Å². The molecule has 348 valence electrons. The Bertz CT molecular complexity index is 2350. The van der Waals surface area contributed by atoms with E-state index in [1.54, 1.807) is 26.8 Å². The van der Waals surface area contributed by atoms with Crippen LogP contribution in [0.25, 0.3) is 0 Å². The molecule has 4 rings (SSSR count). The lowest BCUT2D eigenvalue weighted by molar-refractivity contribution is -0.155. The Morgan fingerprint density at radius 2 is 1.51 bits per heavy atom. The number of anilines is 2. The lowest BCUT2D eigenvalue weighted by atomic mass is 10.0. The summed E-state index contributed by atoms with van der Waals surface area (Å²) in [6, 6.07) is 22.6. The van der Waals surface area contributed by atoms with Gasteiger partial charge in [0.25, 0.3) is 16.0 Å². The summed E-state index contributed by atoms with van der Waals surface area (Å²) in [6.45, 7) is 5.43. The normalized spacial score (nSPS) is 11.9. The number of aryl methyl sites for hydroxylation is 1. The van der Waals surface area contributed by atoms with Gasteiger partial charge in [-0.05, 0) is 94.0 Å². The van der Waals surface area contributed by atoms with Gasteiger partial charge in [-0.1, -0.05) is 67.8 Å². The van der Waals surface area contributed by atoms with E-state index in [-0.39, 0.29) is 66.1 Å². The molecule has 0 bridgehead atoms. The molecule has 65 heavy (non-hydrogen) atoms. The Morgan fingerprint density at radius 1 is 0.815 bits per heavy atom. The minimum absolute atomic E-state index is 0.0527. The van der Waals surface area contributed by atoms with Crippen LogP contribution in [0, 0.1) is 0 Å². The van der Waals surface area contributed by atoms with E-state index in [1.807, 2.05) is 55.6 Å². The number of hydrogen-bond acceptors (Lipinski definition) is 13. The Kier molecular flexibility index (Phi) is 20.1. The summed E-state index contributed by atoms with van der Waals surface area (Å²) < 4.78 is 43.6. The number of amides is 3. The van der Waals surface area contributed by atoms with Gasteiger partial charge in [-0.2, -0.15) is 13.5 Å². The van der Waals surface area contributed by atoms with Crippen LogP contribution in [-0.4, -0.2) is 85.6 Å². The maximum absolute atomic E-state index is 13.2. The first-order valence-corrected chi connectivity index (χ1v) is 22.9. The van der Waals surface area contributed by atoms with Crippen LogP contribution in [0.15, 0.2) is 101 Å². The molecule has 0 unspecified atom stereocenters. The molecule has 0 aliphatic rings. The van der Waals surface area contributed by atoms with Crippen LogP contribution in [-0.2, 0) is 46.9 Å². The Balaban J connectivity index is 1.14. The van der Waals surface area contributed by atoms with Crippen LogP contribution in [0.1, 0.15) is 99.2 Å². The van der Waals surface area contributed by atoms with Gasteiger partial charge in [0.2, 0.25) is 11.8 Å². The predicted octanol–water partition coefficient (Wildman–Crippen LogP) is 6.00. The second-order valence-electron chi connectivity index (χ2n) is 16.1. The highest BCUT2D eigenvalue weighted by Gasteiger charge is 2.25. The van der Waals surface area contributed by atoms with E-state index in [0.29, 0.717) is 12.2 Å². The highest BCUT2D eigenvalue weighted by atomic mass is 32.2. The Morgan fingerprint density at radius 3 is 2.22 bits per heavy atom. The first kappa shape index (κ1) is 51.0. The summed E-state index contributed by atoms with van der Waals surface area (Å²) in [4.78, 5) is 67.7. The van der Waals surface area contributed by atoms with Gasteiger partial charge in [-0.15, -0.1) is 0 Å². The number of carbonyl (C=O) groups excluding carboxylic acids is 5. The predicted molar refractivity (Wildman–Crippen MR) is 247 cm³/mol. The zero-order valence-corrected chi connectivity index (χ0v) is 38.0. The quantitative estimate of drug-likeness (QED) is 0.0112. The maximum atomic E-state index is 13.2. The largest absolute Gasteiger partial charge is 0.460 e. The van der Waals surface area contributed by atoms with Crippen molar-refractivity contribution in [3.63, 3.8) is 0 Å². The molecule has 0 spiro atoms. The highest BCUT2D eigenvalue weighted by molar-refractivity contribution is 7.86. The van der Waals surface area contributed by atoms with E-state index in [2.05, 4.69) is 36.8 Å². The monoisotopic (exact) mass is 913 g/mol. The van der Waals surface area contributed by atoms with Gasteiger partial charge in [0.1, 0.15) is 28.1 Å². The summed E-state index contributed by atoms with van der Waals surface area (Å²) >= 11 is 0. The average Bonchev–Trinajstić information content (AvgIpc) is 3.26. The standard InChI is InChI=1S/C47H59N7O10S/c1-47(2,3)64-43(56)27-25-39(53-45(58)36-22-26-41(51-31-36)54-52-32-35-16-11-13-18-40(35)65(60,61)62)46(59)50-29-28-49-42(55)19-9-7-5-6-8-14-33-20-23-37(24-21-33)63-44(57)30-34-15-10-12-17-38(34)48-4/h10-13,15-18,20-24,26,31-32,39,48H,5-9,14,19,25,27-30H2,1-4H3,(H,49,55)(H,50,59)(H,51,54)(H,53,58)(H,60,61,62)/b52-32-/t39-/m0/s1. The van der Waals surface area contributed by atoms with Crippen molar-refractivity contribution in [2.75, 3.05) is 30.9 Å². The van der Waals surface area contributed by atoms with E-state index >= 15 is 0 Å². The highest BCUT2D eigenvalue weighted by Crippen LogP contribution is 2.19. The molecule has 3 aromatic carbocycles. The zero-order chi connectivity index (χ0) is 47.2. The van der Waals surface area contributed by atoms with Crippen molar-refractivity contribution >= 4 is 57.5 Å². The number of carbonyl (C=O) groups is 5. The number of unbranched alkanes of at least 4 members (excludes halogenated alkanes) is 4. The average molecular weight is 914 g/mol. The first-order chi connectivity index (χ1) is 31.0. The third-order valence-corrected chi connectivity index (χ3v) is 10.6. The van der Waals surface area contributed by atoms with Crippen molar-refractivity contribution in [2.24, 2.45) is 5.10 Å². The molecule has 1 atom stereocenters. The van der Waals surface area contributed by atoms with Crippen molar-refractivity contribution < 1.29 is 46.4 Å². The second kappa shape index (κ2) is 25.6. The molecule has 1 heterocycles. The van der Waals surface area contributed by atoms with E-state index in [0.717, 1.165) is 55.3 Å². The van der Waals surface area contributed by atoms with Crippen molar-refractivity contribution in [3.05, 3.63) is 113 Å². The van der Waals surface area contributed by atoms with Crippen LogP contribution in [0.4, 0.5) is 11.5 Å². The van der Waals surface area contributed by atoms with E-state index < -0.39 is 39.5 Å². The molecule has 17 nitrogen and oxygen atoms in total. The number of nitrogens with zero attached hydrogens (tertiary/aromatic N) is 2. The number of nitrogens with one attached hydrogen (secondary N) is 5. The van der Waals surface area contributed by atoms with Crippen molar-refractivity contribution in [3.8, 4) is 5.75 Å². The minimum Gasteiger partial charge on any atom is -0.460 e. The molecule has 0 fully saturated rings. The number of para-hydroxylation sites is 1. The maximum Gasteiger partial charge on any atom is 0.315 e. The number of pyridine rings is 1. The summed E-state index contributed by atoms with van der Waals surface area (Å²) in [7, 11) is -2.65. The van der Waals surface area contributed by atoms with Crippen LogP contribution in [0.5, 0.6) is 5.75 Å². The lowest BCUT2D eigenvalue weighted by Crippen LogP contribution is -2.48. The van der Waals surface area contributed by atoms with Crippen molar-refractivity contribution in [1.82, 2.24) is 20.9 Å². The van der Waals surface area contributed by atoms with Gasteiger partial charge >= 0.3 is 11.9 Å². The first-order valence-electron chi connectivity index (χ1n) is 21.4. The molecule has 3 amide bonds. The van der Waals surface area contributed by atoms with Crippen LogP contribution < -0.4 is 31.4 Å². The van der Waals surface area contributed by atoms with Crippen molar-refractivity contribution in [1.29, 1.82) is 0 Å². The van der Waals surface area contributed by atoms with Crippen LogP contribution >= 0.6 is 0 Å². The molecule has 0 aliphatic heterocycles. The molecular weight excluding hydrogens is 855 g/mol. The Hall–Kier alpha value is -6.66. The third-order valence-electron chi connectivity index (χ3n) is 9.68. The van der Waals surface area contributed by atoms with E-state index in [1.165, 1.54) is 42.7 Å².